The molecule has 1 aromatic rings. The van der Waals surface area contributed by atoms with Gasteiger partial charge in [-0.2, -0.15) is 0 Å². The Morgan fingerprint density at radius 1 is 1.43 bits per heavy atom. The summed E-state index contributed by atoms with van der Waals surface area (Å²) in [6.07, 6.45) is 0. The van der Waals surface area contributed by atoms with Gasteiger partial charge in [-0.15, -0.1) is 0 Å². The quantitative estimate of drug-likeness (QED) is 0.756. The fraction of sp³-hybridized carbons (Fsp3) is 0.500. The first-order valence-electron chi connectivity index (χ1n) is 4.43. The van der Waals surface area contributed by atoms with Gasteiger partial charge in [0.15, 0.2) is 5.54 Å². The minimum Gasteiger partial charge on any atom is -0.479 e. The highest BCUT2D eigenvalue weighted by Crippen LogP contribution is 2.21. The van der Waals surface area contributed by atoms with Gasteiger partial charge in [-0.1, -0.05) is 0 Å². The topological polar surface area (TPSA) is 62.5 Å². The van der Waals surface area contributed by atoms with Crippen LogP contribution in [0.15, 0.2) is 12.1 Å². The second-order valence-corrected chi connectivity index (χ2v) is 3.69. The van der Waals surface area contributed by atoms with Crippen LogP contribution in [0.5, 0.6) is 0 Å². The van der Waals surface area contributed by atoms with Crippen LogP contribution < -0.4 is 0 Å². The number of hydrogen-bond donors (Lipinski definition) is 2. The lowest BCUT2D eigenvalue weighted by molar-refractivity contribution is -0.148. The van der Waals surface area contributed by atoms with Crippen molar-refractivity contribution >= 4 is 5.97 Å². The van der Waals surface area contributed by atoms with Crippen molar-refractivity contribution in [3.05, 3.63) is 23.5 Å². The lowest BCUT2D eigenvalue weighted by Gasteiger charge is -2.27. The zero-order valence-electron chi connectivity index (χ0n) is 8.61. The molecule has 2 N–H and O–H groups in total. The molecule has 14 heavy (non-hydrogen) atoms. The van der Waals surface area contributed by atoms with Gasteiger partial charge in [0, 0.05) is 11.4 Å². The van der Waals surface area contributed by atoms with E-state index in [4.69, 9.17) is 5.11 Å². The molecule has 0 aliphatic rings. The Balaban J connectivity index is 3.32. The Kier molecular flexibility index (Phi) is 2.66. The minimum absolute atomic E-state index is 0.418. The van der Waals surface area contributed by atoms with Crippen molar-refractivity contribution in [3.8, 4) is 0 Å². The number of carboxylic acid groups (broad SMARTS) is 1. The zero-order chi connectivity index (χ0) is 10.9. The molecular weight excluding hydrogens is 182 g/mol. The molecule has 0 radical (unpaired) electrons. The smallest absolute Gasteiger partial charge is 0.332 e. The van der Waals surface area contributed by atoms with Crippen molar-refractivity contribution in [3.63, 3.8) is 0 Å². The summed E-state index contributed by atoms with van der Waals surface area (Å²) in [4.78, 5) is 11.1. The minimum atomic E-state index is -1.27. The monoisotopic (exact) mass is 197 g/mol. The number of carbonyl (C=O) groups is 1. The van der Waals surface area contributed by atoms with E-state index in [0.29, 0.717) is 0 Å². The predicted molar refractivity (Wildman–Crippen MR) is 52.3 cm³/mol. The van der Waals surface area contributed by atoms with Gasteiger partial charge in [-0.05, 0) is 32.9 Å². The molecule has 4 nitrogen and oxygen atoms in total. The predicted octanol–water partition coefficient (Wildman–Crippen LogP) is 0.897. The molecule has 1 unspecified atom stereocenters. The van der Waals surface area contributed by atoms with Crippen molar-refractivity contribution in [2.24, 2.45) is 0 Å². The summed E-state index contributed by atoms with van der Waals surface area (Å²) in [6.45, 7) is 4.74. The molecule has 0 aliphatic carbocycles. The van der Waals surface area contributed by atoms with Crippen LogP contribution in [-0.2, 0) is 10.3 Å². The average Bonchev–Trinajstić information content (AvgIpc) is 2.45. The van der Waals surface area contributed by atoms with E-state index in [1.165, 1.54) is 6.92 Å². The lowest BCUT2D eigenvalue weighted by Crippen LogP contribution is -2.43. The maximum atomic E-state index is 11.1. The third-order valence-corrected chi connectivity index (χ3v) is 2.53. The number of hydrogen-bond acceptors (Lipinski definition) is 2. The Morgan fingerprint density at radius 3 is 2.14 bits per heavy atom. The number of aliphatic hydroxyl groups excluding tert-OH is 1. The highest BCUT2D eigenvalue weighted by Gasteiger charge is 2.35. The van der Waals surface area contributed by atoms with Crippen molar-refractivity contribution < 1.29 is 15.0 Å². The highest BCUT2D eigenvalue weighted by molar-refractivity contribution is 5.76. The van der Waals surface area contributed by atoms with Gasteiger partial charge >= 0.3 is 5.97 Å². The molecule has 1 heterocycles. The van der Waals surface area contributed by atoms with Crippen LogP contribution in [0.4, 0.5) is 0 Å². The van der Waals surface area contributed by atoms with E-state index in [1.807, 2.05) is 26.0 Å². The summed E-state index contributed by atoms with van der Waals surface area (Å²) in [5.74, 6) is -1.03. The summed E-state index contributed by atoms with van der Waals surface area (Å²) in [5, 5.41) is 18.2. The maximum absolute atomic E-state index is 11.1. The van der Waals surface area contributed by atoms with Crippen molar-refractivity contribution in [2.75, 3.05) is 6.61 Å². The largest absolute Gasteiger partial charge is 0.479 e. The van der Waals surface area contributed by atoms with Gasteiger partial charge in [-0.25, -0.2) is 4.79 Å². The first-order chi connectivity index (χ1) is 6.43. The molecule has 0 spiro atoms. The zero-order valence-corrected chi connectivity index (χ0v) is 8.61. The normalized spacial score (nSPS) is 15.1. The van der Waals surface area contributed by atoms with Crippen LogP contribution in [0, 0.1) is 13.8 Å². The number of aliphatic carboxylic acids is 1. The molecule has 0 amide bonds. The molecule has 0 aliphatic heterocycles. The number of rotatable bonds is 3. The summed E-state index contributed by atoms with van der Waals surface area (Å²) in [5.41, 5.74) is 0.403. The third-order valence-electron chi connectivity index (χ3n) is 2.53. The maximum Gasteiger partial charge on any atom is 0.332 e. The molecular formula is C10H15NO3. The van der Waals surface area contributed by atoms with Gasteiger partial charge in [-0.3, -0.25) is 0 Å². The van der Waals surface area contributed by atoms with Gasteiger partial charge < -0.3 is 14.8 Å². The Hall–Kier alpha value is -1.29. The number of aromatic nitrogens is 1. The number of aliphatic hydroxyl groups is 1. The Bertz CT molecular complexity index is 337. The van der Waals surface area contributed by atoms with E-state index in [9.17, 15) is 9.90 Å². The second kappa shape index (κ2) is 3.46. The third kappa shape index (κ3) is 1.42. The fourth-order valence-electron chi connectivity index (χ4n) is 1.68. The summed E-state index contributed by atoms with van der Waals surface area (Å²) >= 11 is 0. The fourth-order valence-corrected chi connectivity index (χ4v) is 1.68. The van der Waals surface area contributed by atoms with Crippen LogP contribution in [0.25, 0.3) is 0 Å². The Labute approximate surface area is 82.8 Å². The molecule has 0 saturated carbocycles. The number of aryl methyl sites for hydroxylation is 2. The van der Waals surface area contributed by atoms with E-state index >= 15 is 0 Å². The van der Waals surface area contributed by atoms with Crippen LogP contribution in [0.3, 0.4) is 0 Å². The van der Waals surface area contributed by atoms with Gasteiger partial charge in [0.2, 0.25) is 0 Å². The highest BCUT2D eigenvalue weighted by atomic mass is 16.4. The van der Waals surface area contributed by atoms with Crippen molar-refractivity contribution in [2.45, 2.75) is 26.3 Å². The molecule has 1 aromatic heterocycles. The summed E-state index contributed by atoms with van der Waals surface area (Å²) < 4.78 is 1.63. The second-order valence-electron chi connectivity index (χ2n) is 3.69. The Morgan fingerprint density at radius 2 is 1.86 bits per heavy atom. The van der Waals surface area contributed by atoms with E-state index in [1.54, 1.807) is 4.57 Å². The molecule has 0 fully saturated rings. The molecule has 78 valence electrons. The molecule has 4 heteroatoms. The van der Waals surface area contributed by atoms with Crippen LogP contribution in [-0.4, -0.2) is 27.4 Å². The molecule has 0 aromatic carbocycles. The van der Waals surface area contributed by atoms with Gasteiger partial charge in [0.05, 0.1) is 6.61 Å². The molecule has 1 atom stereocenters. The van der Waals surface area contributed by atoms with E-state index < -0.39 is 18.1 Å². The standard InChI is InChI=1S/C10H15NO3/c1-7-4-5-8(2)11(7)10(3,6-12)9(13)14/h4-5,12H,6H2,1-3H3,(H,13,14). The van der Waals surface area contributed by atoms with Gasteiger partial charge in [0.25, 0.3) is 0 Å². The van der Waals surface area contributed by atoms with E-state index in [-0.39, 0.29) is 0 Å². The van der Waals surface area contributed by atoms with Crippen LogP contribution >= 0.6 is 0 Å². The number of nitrogens with zero attached hydrogens (tertiary/aromatic N) is 1. The SMILES string of the molecule is Cc1ccc(C)n1C(C)(CO)C(=O)O. The lowest BCUT2D eigenvalue weighted by atomic mass is 10.0. The van der Waals surface area contributed by atoms with Crippen molar-refractivity contribution in [1.82, 2.24) is 4.57 Å². The molecule has 0 bridgehead atoms. The molecule has 0 saturated heterocycles. The van der Waals surface area contributed by atoms with Crippen molar-refractivity contribution in [1.29, 1.82) is 0 Å². The van der Waals surface area contributed by atoms with Gasteiger partial charge in [0.1, 0.15) is 0 Å². The summed E-state index contributed by atoms with van der Waals surface area (Å²) in [6, 6.07) is 3.68. The van der Waals surface area contributed by atoms with Crippen LogP contribution in [0.1, 0.15) is 18.3 Å². The molecule has 1 rings (SSSR count). The summed E-state index contributed by atoms with van der Waals surface area (Å²) in [7, 11) is 0. The van der Waals surface area contributed by atoms with E-state index in [0.717, 1.165) is 11.4 Å². The van der Waals surface area contributed by atoms with E-state index in [2.05, 4.69) is 0 Å². The average molecular weight is 197 g/mol. The first kappa shape index (κ1) is 10.8. The first-order valence-corrected chi connectivity index (χ1v) is 4.43. The number of carboxylic acids is 1. The van der Waals surface area contributed by atoms with Crippen LogP contribution in [0.2, 0.25) is 0 Å².